The maximum absolute atomic E-state index is 13.6. The largest absolute Gasteiger partial charge is 0.478 e. The van der Waals surface area contributed by atoms with Crippen molar-refractivity contribution in [3.63, 3.8) is 0 Å². The van der Waals surface area contributed by atoms with E-state index >= 15 is 0 Å². The van der Waals surface area contributed by atoms with Crippen molar-refractivity contribution < 1.29 is 23.5 Å². The highest BCUT2D eigenvalue weighted by atomic mass is 35.5. The summed E-state index contributed by atoms with van der Waals surface area (Å²) in [5.74, 6) is -4.42. The Morgan fingerprint density at radius 2 is 1.95 bits per heavy atom. The van der Waals surface area contributed by atoms with Crippen LogP contribution >= 0.6 is 11.6 Å². The minimum absolute atomic E-state index is 0.0172. The highest BCUT2D eigenvalue weighted by Gasteiger charge is 2.16. The van der Waals surface area contributed by atoms with Gasteiger partial charge in [0.25, 0.3) is 5.91 Å². The van der Waals surface area contributed by atoms with Gasteiger partial charge in [-0.15, -0.1) is 0 Å². The Balaban J connectivity index is 2.27. The van der Waals surface area contributed by atoms with Crippen LogP contribution in [0.5, 0.6) is 0 Å². The molecule has 5 nitrogen and oxygen atoms in total. The van der Waals surface area contributed by atoms with Gasteiger partial charge >= 0.3 is 5.97 Å². The Labute approximate surface area is 122 Å². The SMILES string of the molecule is O=C(O)c1cnc(NC(=O)c2cc(F)ccc2Cl)c(F)c1. The molecule has 1 heterocycles. The van der Waals surface area contributed by atoms with Gasteiger partial charge in [0.05, 0.1) is 16.1 Å². The van der Waals surface area contributed by atoms with Gasteiger partial charge in [-0.3, -0.25) is 4.79 Å². The highest BCUT2D eigenvalue weighted by Crippen LogP contribution is 2.19. The number of amides is 1. The molecule has 0 atom stereocenters. The summed E-state index contributed by atoms with van der Waals surface area (Å²) in [6.45, 7) is 0. The number of aromatic carboxylic acids is 1. The first-order valence-corrected chi connectivity index (χ1v) is 5.91. The Kier molecular flexibility index (Phi) is 4.13. The zero-order valence-electron chi connectivity index (χ0n) is 10.2. The maximum Gasteiger partial charge on any atom is 0.337 e. The predicted molar refractivity (Wildman–Crippen MR) is 70.5 cm³/mol. The van der Waals surface area contributed by atoms with Gasteiger partial charge < -0.3 is 10.4 Å². The average molecular weight is 313 g/mol. The lowest BCUT2D eigenvalue weighted by molar-refractivity contribution is 0.0695. The van der Waals surface area contributed by atoms with Crippen LogP contribution in [0.4, 0.5) is 14.6 Å². The number of hydrogen-bond donors (Lipinski definition) is 2. The molecular weight excluding hydrogens is 306 g/mol. The minimum atomic E-state index is -1.35. The number of carbonyl (C=O) groups is 2. The van der Waals surface area contributed by atoms with Crippen LogP contribution in [0.15, 0.2) is 30.5 Å². The molecule has 2 N–H and O–H groups in total. The number of aromatic nitrogens is 1. The molecule has 0 saturated heterocycles. The minimum Gasteiger partial charge on any atom is -0.478 e. The molecule has 8 heteroatoms. The van der Waals surface area contributed by atoms with E-state index in [9.17, 15) is 18.4 Å². The quantitative estimate of drug-likeness (QED) is 0.913. The molecule has 1 aromatic heterocycles. The van der Waals surface area contributed by atoms with Crippen molar-refractivity contribution in [2.45, 2.75) is 0 Å². The Morgan fingerprint density at radius 3 is 2.57 bits per heavy atom. The summed E-state index contributed by atoms with van der Waals surface area (Å²) in [4.78, 5) is 26.0. The van der Waals surface area contributed by atoms with Gasteiger partial charge in [0.1, 0.15) is 5.82 Å². The van der Waals surface area contributed by atoms with Gasteiger partial charge in [-0.1, -0.05) is 11.6 Å². The normalized spacial score (nSPS) is 10.2. The van der Waals surface area contributed by atoms with E-state index in [4.69, 9.17) is 16.7 Å². The van der Waals surface area contributed by atoms with E-state index in [1.54, 1.807) is 0 Å². The van der Waals surface area contributed by atoms with Gasteiger partial charge in [0, 0.05) is 6.20 Å². The van der Waals surface area contributed by atoms with E-state index in [2.05, 4.69) is 10.3 Å². The van der Waals surface area contributed by atoms with Crippen molar-refractivity contribution in [1.82, 2.24) is 4.98 Å². The average Bonchev–Trinajstić information content (AvgIpc) is 2.43. The van der Waals surface area contributed by atoms with Gasteiger partial charge in [0.2, 0.25) is 0 Å². The van der Waals surface area contributed by atoms with Crippen molar-refractivity contribution in [3.8, 4) is 0 Å². The van der Waals surface area contributed by atoms with Gasteiger partial charge in [-0.25, -0.2) is 18.6 Å². The molecule has 0 aliphatic rings. The summed E-state index contributed by atoms with van der Waals surface area (Å²) in [7, 11) is 0. The molecule has 1 amide bonds. The lowest BCUT2D eigenvalue weighted by Gasteiger charge is -2.07. The first-order chi connectivity index (χ1) is 9.88. The summed E-state index contributed by atoms with van der Waals surface area (Å²) in [6, 6.07) is 3.85. The molecule has 0 bridgehead atoms. The smallest absolute Gasteiger partial charge is 0.337 e. The van der Waals surface area contributed by atoms with E-state index in [1.807, 2.05) is 0 Å². The summed E-state index contributed by atoms with van der Waals surface area (Å²) in [6.07, 6.45) is 0.883. The molecule has 108 valence electrons. The fourth-order valence-corrected chi connectivity index (χ4v) is 1.70. The zero-order valence-corrected chi connectivity index (χ0v) is 11.0. The van der Waals surface area contributed by atoms with Crippen LogP contribution in [0.3, 0.4) is 0 Å². The molecule has 0 aliphatic heterocycles. The second-order valence-electron chi connectivity index (χ2n) is 3.94. The number of carboxylic acid groups (broad SMARTS) is 1. The van der Waals surface area contributed by atoms with Gasteiger partial charge in [0.15, 0.2) is 11.6 Å². The van der Waals surface area contributed by atoms with Gasteiger partial charge in [-0.2, -0.15) is 0 Å². The predicted octanol–water partition coefficient (Wildman–Crippen LogP) is 2.96. The third-order valence-corrected chi connectivity index (χ3v) is 2.82. The van der Waals surface area contributed by atoms with Crippen LogP contribution in [0.25, 0.3) is 0 Å². The number of nitrogens with one attached hydrogen (secondary N) is 1. The van der Waals surface area contributed by atoms with Crippen LogP contribution in [0, 0.1) is 11.6 Å². The Bertz CT molecular complexity index is 737. The van der Waals surface area contributed by atoms with Crippen LogP contribution < -0.4 is 5.32 Å². The van der Waals surface area contributed by atoms with Crippen molar-refractivity contribution in [2.24, 2.45) is 0 Å². The van der Waals surface area contributed by atoms with Crippen LogP contribution in [-0.2, 0) is 0 Å². The molecule has 0 radical (unpaired) electrons. The first-order valence-electron chi connectivity index (χ1n) is 5.53. The lowest BCUT2D eigenvalue weighted by Crippen LogP contribution is -2.15. The third-order valence-electron chi connectivity index (χ3n) is 2.49. The second kappa shape index (κ2) is 5.84. The number of hydrogen-bond acceptors (Lipinski definition) is 3. The van der Waals surface area contributed by atoms with Gasteiger partial charge in [-0.05, 0) is 24.3 Å². The number of rotatable bonds is 3. The standard InChI is InChI=1S/C13H7ClF2N2O3/c14-9-2-1-7(15)4-8(9)12(19)18-11-10(16)3-6(5-17-11)13(20)21/h1-5H,(H,20,21)(H,17,18,19). The molecular formula is C13H7ClF2N2O3. The molecule has 2 rings (SSSR count). The first kappa shape index (κ1) is 14.9. The zero-order chi connectivity index (χ0) is 15.6. The summed E-state index contributed by atoms with van der Waals surface area (Å²) in [5.41, 5.74) is -0.561. The fraction of sp³-hybridized carbons (Fsp3) is 0. The fourth-order valence-electron chi connectivity index (χ4n) is 1.49. The molecule has 2 aromatic rings. The molecule has 21 heavy (non-hydrogen) atoms. The summed E-state index contributed by atoms with van der Waals surface area (Å²) >= 11 is 5.74. The van der Waals surface area contributed by atoms with E-state index in [1.165, 1.54) is 6.07 Å². The molecule has 0 spiro atoms. The summed E-state index contributed by atoms with van der Waals surface area (Å²) < 4.78 is 26.7. The number of benzene rings is 1. The van der Waals surface area contributed by atoms with Crippen LogP contribution in [0.1, 0.15) is 20.7 Å². The number of nitrogens with zero attached hydrogens (tertiary/aromatic N) is 1. The van der Waals surface area contributed by atoms with Crippen LogP contribution in [0.2, 0.25) is 5.02 Å². The number of halogens is 3. The van der Waals surface area contributed by atoms with E-state index in [-0.39, 0.29) is 16.1 Å². The number of carboxylic acids is 1. The highest BCUT2D eigenvalue weighted by molar-refractivity contribution is 6.34. The number of anilines is 1. The maximum atomic E-state index is 13.6. The molecule has 0 unspecified atom stereocenters. The second-order valence-corrected chi connectivity index (χ2v) is 4.35. The van der Waals surface area contributed by atoms with Crippen molar-refractivity contribution in [3.05, 3.63) is 58.2 Å². The van der Waals surface area contributed by atoms with E-state index in [0.29, 0.717) is 6.07 Å². The topological polar surface area (TPSA) is 79.3 Å². The van der Waals surface area contributed by atoms with E-state index in [0.717, 1.165) is 18.3 Å². The Hall–Kier alpha value is -2.54. The monoisotopic (exact) mass is 312 g/mol. The van der Waals surface area contributed by atoms with E-state index < -0.39 is 29.3 Å². The van der Waals surface area contributed by atoms with Crippen molar-refractivity contribution in [2.75, 3.05) is 5.32 Å². The Morgan fingerprint density at radius 1 is 1.24 bits per heavy atom. The van der Waals surface area contributed by atoms with Crippen LogP contribution in [-0.4, -0.2) is 22.0 Å². The van der Waals surface area contributed by atoms with Crippen molar-refractivity contribution in [1.29, 1.82) is 0 Å². The summed E-state index contributed by atoms with van der Waals surface area (Å²) in [5, 5.41) is 10.7. The number of carbonyl (C=O) groups excluding carboxylic acids is 1. The molecule has 0 saturated carbocycles. The molecule has 0 fully saturated rings. The molecule has 0 aliphatic carbocycles. The lowest BCUT2D eigenvalue weighted by atomic mass is 10.2. The third kappa shape index (κ3) is 3.32. The molecule has 1 aromatic carbocycles. The number of pyridine rings is 1. The van der Waals surface area contributed by atoms with Crippen molar-refractivity contribution >= 4 is 29.3 Å².